The highest BCUT2D eigenvalue weighted by Crippen LogP contribution is 2.24. The Labute approximate surface area is 144 Å². The van der Waals surface area contributed by atoms with Crippen molar-refractivity contribution < 1.29 is 9.59 Å². The quantitative estimate of drug-likeness (QED) is 0.877. The molecule has 1 fully saturated rings. The maximum Gasteiger partial charge on any atom is 0.240 e. The number of benzene rings is 2. The van der Waals surface area contributed by atoms with E-state index in [4.69, 9.17) is 0 Å². The fourth-order valence-corrected chi connectivity index (χ4v) is 3.47. The summed E-state index contributed by atoms with van der Waals surface area (Å²) in [6.07, 6.45) is 1.06. The van der Waals surface area contributed by atoms with E-state index in [-0.39, 0.29) is 18.2 Å². The summed E-state index contributed by atoms with van der Waals surface area (Å²) in [5.74, 6) is -0.321. The van der Waals surface area contributed by atoms with Crippen molar-refractivity contribution in [3.8, 4) is 0 Å². The molecule has 1 aliphatic rings. The highest BCUT2D eigenvalue weighted by atomic mass is 32.2. The van der Waals surface area contributed by atoms with Crippen LogP contribution < -0.4 is 10.6 Å². The number of nitrogens with zero attached hydrogens (tertiary/aromatic N) is 1. The zero-order valence-electron chi connectivity index (χ0n) is 13.4. The van der Waals surface area contributed by atoms with Crippen molar-refractivity contribution in [2.75, 3.05) is 11.9 Å². The fourth-order valence-electron chi connectivity index (χ4n) is 2.48. The molecule has 2 N–H and O–H groups in total. The summed E-state index contributed by atoms with van der Waals surface area (Å²) in [6, 6.07) is 13.7. The Kier molecular flexibility index (Phi) is 5.15. The van der Waals surface area contributed by atoms with Gasteiger partial charge in [0, 0.05) is 18.7 Å². The van der Waals surface area contributed by atoms with Crippen molar-refractivity contribution >= 4 is 45.2 Å². The van der Waals surface area contributed by atoms with E-state index < -0.39 is 5.25 Å². The Balaban J connectivity index is 1.61. The summed E-state index contributed by atoms with van der Waals surface area (Å²) in [6.45, 7) is 2.71. The van der Waals surface area contributed by atoms with E-state index in [9.17, 15) is 9.59 Å². The van der Waals surface area contributed by atoms with E-state index in [0.717, 1.165) is 22.9 Å². The van der Waals surface area contributed by atoms with Gasteiger partial charge in [-0.1, -0.05) is 49.0 Å². The average Bonchev–Trinajstić information content (AvgIpc) is 2.92. The topological polar surface area (TPSA) is 70.6 Å². The molecule has 1 aliphatic heterocycles. The number of amidine groups is 1. The Hall–Kier alpha value is -2.34. The van der Waals surface area contributed by atoms with Gasteiger partial charge < -0.3 is 10.6 Å². The maximum atomic E-state index is 12.2. The molecule has 0 unspecified atom stereocenters. The van der Waals surface area contributed by atoms with Crippen LogP contribution in [0.2, 0.25) is 0 Å². The Morgan fingerprint density at radius 1 is 1.25 bits per heavy atom. The molecule has 0 aliphatic carbocycles. The van der Waals surface area contributed by atoms with Crippen LogP contribution in [0.1, 0.15) is 19.8 Å². The molecule has 0 spiro atoms. The van der Waals surface area contributed by atoms with Crippen molar-refractivity contribution in [3.63, 3.8) is 0 Å². The Morgan fingerprint density at radius 2 is 2.04 bits per heavy atom. The van der Waals surface area contributed by atoms with Crippen LogP contribution in [-0.2, 0) is 9.59 Å². The average molecular weight is 341 g/mol. The van der Waals surface area contributed by atoms with Gasteiger partial charge in [0.25, 0.3) is 0 Å². The number of nitrogens with one attached hydrogen (secondary N) is 2. The van der Waals surface area contributed by atoms with Gasteiger partial charge in [0.1, 0.15) is 5.25 Å². The second-order valence-corrected chi connectivity index (χ2v) is 6.79. The second kappa shape index (κ2) is 7.49. The molecule has 0 aromatic heterocycles. The molecule has 0 radical (unpaired) electrons. The molecule has 1 heterocycles. The van der Waals surface area contributed by atoms with Gasteiger partial charge in [0.2, 0.25) is 11.8 Å². The number of amides is 2. The third kappa shape index (κ3) is 3.94. The number of hydrogen-bond acceptors (Lipinski definition) is 4. The number of hydrogen-bond donors (Lipinski definition) is 2. The lowest BCUT2D eigenvalue weighted by Gasteiger charge is -2.08. The largest absolute Gasteiger partial charge is 0.326 e. The zero-order valence-corrected chi connectivity index (χ0v) is 14.2. The molecule has 6 heteroatoms. The molecule has 2 amide bonds. The lowest BCUT2D eigenvalue weighted by atomic mass is 10.1. The molecule has 0 saturated carbocycles. The van der Waals surface area contributed by atoms with Crippen LogP contribution >= 0.6 is 11.8 Å². The van der Waals surface area contributed by atoms with E-state index in [2.05, 4.69) is 15.6 Å². The number of carbonyl (C=O) groups excluding carboxylic acids is 2. The summed E-state index contributed by atoms with van der Waals surface area (Å²) in [7, 11) is 0. The predicted octanol–water partition coefficient (Wildman–Crippen LogP) is 3.17. The van der Waals surface area contributed by atoms with Gasteiger partial charge in [0.15, 0.2) is 5.17 Å². The van der Waals surface area contributed by atoms with Gasteiger partial charge in [-0.3, -0.25) is 14.6 Å². The molecule has 2 aromatic rings. The van der Waals surface area contributed by atoms with Crippen molar-refractivity contribution in [1.29, 1.82) is 0 Å². The SMILES string of the molecule is CCCN=C1NC(=O)[C@H](CC(=O)Nc2ccc3ccccc3c2)S1. The van der Waals surface area contributed by atoms with E-state index in [1.54, 1.807) is 0 Å². The molecular weight excluding hydrogens is 322 g/mol. The first-order valence-electron chi connectivity index (χ1n) is 7.96. The second-order valence-electron chi connectivity index (χ2n) is 5.60. The third-order valence-corrected chi connectivity index (χ3v) is 4.78. The fraction of sp³-hybridized carbons (Fsp3) is 0.278. The predicted molar refractivity (Wildman–Crippen MR) is 99.3 cm³/mol. The van der Waals surface area contributed by atoms with Crippen LogP contribution in [0, 0.1) is 0 Å². The van der Waals surface area contributed by atoms with E-state index in [1.807, 2.05) is 49.4 Å². The van der Waals surface area contributed by atoms with Gasteiger partial charge in [0.05, 0.1) is 0 Å². The molecule has 1 atom stereocenters. The van der Waals surface area contributed by atoms with Crippen LogP contribution in [0.5, 0.6) is 0 Å². The van der Waals surface area contributed by atoms with Crippen LogP contribution in [0.15, 0.2) is 47.5 Å². The summed E-state index contributed by atoms with van der Waals surface area (Å²) >= 11 is 1.33. The van der Waals surface area contributed by atoms with Crippen LogP contribution in [0.3, 0.4) is 0 Å². The Bertz CT molecular complexity index is 804. The smallest absolute Gasteiger partial charge is 0.240 e. The lowest BCUT2D eigenvalue weighted by molar-refractivity contribution is -0.122. The van der Waals surface area contributed by atoms with Gasteiger partial charge in [-0.2, -0.15) is 0 Å². The number of rotatable bonds is 5. The molecular formula is C18H19N3O2S. The highest BCUT2D eigenvalue weighted by molar-refractivity contribution is 8.15. The van der Waals surface area contributed by atoms with E-state index in [0.29, 0.717) is 11.7 Å². The third-order valence-electron chi connectivity index (χ3n) is 3.66. The van der Waals surface area contributed by atoms with Crippen LogP contribution in [0.4, 0.5) is 5.69 Å². The van der Waals surface area contributed by atoms with Gasteiger partial charge in [-0.25, -0.2) is 0 Å². The normalized spacial score (nSPS) is 18.8. The van der Waals surface area contributed by atoms with Crippen LogP contribution in [-0.4, -0.2) is 28.8 Å². The van der Waals surface area contributed by atoms with Gasteiger partial charge in [-0.15, -0.1) is 0 Å². The molecule has 3 rings (SSSR count). The summed E-state index contributed by atoms with van der Waals surface area (Å²) in [5.41, 5.74) is 0.738. The minimum Gasteiger partial charge on any atom is -0.326 e. The standard InChI is InChI=1S/C18H19N3O2S/c1-2-9-19-18-21-17(23)15(24-18)11-16(22)20-14-8-7-12-5-3-4-6-13(12)10-14/h3-8,10,15H,2,9,11H2,1H3,(H,20,22)(H,19,21,23)/t15-/m0/s1. The summed E-state index contributed by atoms with van der Waals surface area (Å²) < 4.78 is 0. The summed E-state index contributed by atoms with van der Waals surface area (Å²) in [5, 5.41) is 7.98. The van der Waals surface area contributed by atoms with Gasteiger partial charge in [-0.05, 0) is 29.3 Å². The number of anilines is 1. The Morgan fingerprint density at radius 3 is 2.83 bits per heavy atom. The zero-order chi connectivity index (χ0) is 16.9. The highest BCUT2D eigenvalue weighted by Gasteiger charge is 2.31. The van der Waals surface area contributed by atoms with Gasteiger partial charge >= 0.3 is 0 Å². The molecule has 5 nitrogen and oxygen atoms in total. The monoisotopic (exact) mass is 341 g/mol. The minimum atomic E-state index is -0.416. The van der Waals surface area contributed by atoms with Crippen molar-refractivity contribution in [1.82, 2.24) is 5.32 Å². The lowest BCUT2D eigenvalue weighted by Crippen LogP contribution is -2.28. The first kappa shape index (κ1) is 16.5. The molecule has 0 bridgehead atoms. The van der Waals surface area contributed by atoms with Crippen molar-refractivity contribution in [2.45, 2.75) is 25.0 Å². The number of fused-ring (bicyclic) bond motifs is 1. The molecule has 124 valence electrons. The molecule has 24 heavy (non-hydrogen) atoms. The molecule has 1 saturated heterocycles. The number of aliphatic imine (C=N–C) groups is 1. The van der Waals surface area contributed by atoms with E-state index in [1.165, 1.54) is 11.8 Å². The van der Waals surface area contributed by atoms with E-state index >= 15 is 0 Å². The van der Waals surface area contributed by atoms with Crippen LogP contribution in [0.25, 0.3) is 10.8 Å². The number of carbonyl (C=O) groups is 2. The van der Waals surface area contributed by atoms with Crippen molar-refractivity contribution in [3.05, 3.63) is 42.5 Å². The van der Waals surface area contributed by atoms with Crippen molar-refractivity contribution in [2.24, 2.45) is 4.99 Å². The minimum absolute atomic E-state index is 0.133. The molecule has 2 aromatic carbocycles. The maximum absolute atomic E-state index is 12.2. The number of thioether (sulfide) groups is 1. The first-order valence-corrected chi connectivity index (χ1v) is 8.84. The summed E-state index contributed by atoms with van der Waals surface area (Å²) in [4.78, 5) is 28.4. The first-order chi connectivity index (χ1) is 11.7.